The van der Waals surface area contributed by atoms with Crippen molar-refractivity contribution in [2.75, 3.05) is 7.11 Å². The molecule has 0 radical (unpaired) electrons. The molecule has 0 aliphatic carbocycles. The predicted molar refractivity (Wildman–Crippen MR) is 189 cm³/mol. The molecule has 0 spiro atoms. The molecule has 3 nitrogen and oxygen atoms in total. The fourth-order valence-electron chi connectivity index (χ4n) is 5.31. The second-order valence-corrected chi connectivity index (χ2v) is 14.6. The molecule has 0 atom stereocenters. The molecule has 0 aliphatic rings. The molecular formula is C41H37AuNO2P. The van der Waals surface area contributed by atoms with Gasteiger partial charge in [0.15, 0.2) is 7.14 Å². The summed E-state index contributed by atoms with van der Waals surface area (Å²) in [5.41, 5.74) is 6.68. The third-order valence-electron chi connectivity index (χ3n) is 7.88. The van der Waals surface area contributed by atoms with E-state index in [1.165, 1.54) is 5.56 Å². The van der Waals surface area contributed by atoms with Gasteiger partial charge < -0.3 is 21.7 Å². The van der Waals surface area contributed by atoms with Gasteiger partial charge in [-0.2, -0.15) is 0 Å². The van der Waals surface area contributed by atoms with Crippen molar-refractivity contribution in [3.05, 3.63) is 159 Å². The number of ether oxygens (including phenoxy) is 1. The quantitative estimate of drug-likeness (QED) is 0.0920. The van der Waals surface area contributed by atoms with Crippen LogP contribution in [0, 0.1) is 19.6 Å². The van der Waals surface area contributed by atoms with Crippen LogP contribution in [0.1, 0.15) is 26.3 Å². The van der Waals surface area contributed by atoms with Crippen LogP contribution in [-0.4, -0.2) is 12.1 Å². The third-order valence-corrected chi connectivity index (χ3v) is 11.0. The van der Waals surface area contributed by atoms with Crippen molar-refractivity contribution in [1.29, 1.82) is 0 Å². The number of nitrogens with zero attached hydrogens (tertiary/aromatic N) is 1. The van der Waals surface area contributed by atoms with Gasteiger partial charge in [0, 0.05) is 21.7 Å². The molecule has 0 fully saturated rings. The van der Waals surface area contributed by atoms with Gasteiger partial charge >= 0.3 is 22.4 Å². The van der Waals surface area contributed by atoms with Crippen molar-refractivity contribution in [2.45, 2.75) is 26.2 Å². The number of methoxy groups -OCH3 is 1. The van der Waals surface area contributed by atoms with E-state index in [2.05, 4.69) is 75.4 Å². The van der Waals surface area contributed by atoms with Gasteiger partial charge in [-0.3, -0.25) is 0 Å². The molecule has 0 amide bonds. The molecule has 0 N–H and O–H groups in total. The molecule has 0 saturated carbocycles. The van der Waals surface area contributed by atoms with Gasteiger partial charge in [-0.1, -0.05) is 118 Å². The Morgan fingerprint density at radius 1 is 0.630 bits per heavy atom. The second-order valence-electron chi connectivity index (χ2n) is 11.8. The van der Waals surface area contributed by atoms with E-state index in [0.717, 1.165) is 55.3 Å². The Labute approximate surface area is 289 Å². The fraction of sp³-hybridized carbons (Fsp3) is 0.122. The molecule has 6 aromatic rings. The predicted octanol–water partition coefficient (Wildman–Crippen LogP) is 9.08. The van der Waals surface area contributed by atoms with Crippen molar-refractivity contribution >= 4 is 23.1 Å². The number of rotatable bonds is 7. The van der Waals surface area contributed by atoms with E-state index >= 15 is 0 Å². The van der Waals surface area contributed by atoms with Crippen molar-refractivity contribution in [3.63, 3.8) is 0 Å². The van der Waals surface area contributed by atoms with Gasteiger partial charge in [-0.05, 0) is 27.9 Å². The Bertz CT molecular complexity index is 1870. The Morgan fingerprint density at radius 2 is 1.13 bits per heavy atom. The minimum Gasteiger partial charge on any atom is -0.540 e. The van der Waals surface area contributed by atoms with Crippen LogP contribution >= 0.6 is 7.14 Å². The Hall–Kier alpha value is -3.98. The average molecular weight is 804 g/mol. The van der Waals surface area contributed by atoms with Crippen LogP contribution in [-0.2, 0) is 32.4 Å². The monoisotopic (exact) mass is 803 g/mol. The Kier molecular flexibility index (Phi) is 11.1. The van der Waals surface area contributed by atoms with E-state index < -0.39 is 7.14 Å². The first-order valence-electron chi connectivity index (χ1n) is 14.7. The molecule has 5 heteroatoms. The number of hydrogen-bond acceptors (Lipinski definition) is 3. The van der Waals surface area contributed by atoms with E-state index in [1.807, 2.05) is 91.0 Å². The maximum absolute atomic E-state index is 14.9. The smallest absolute Gasteiger partial charge is 0.540 e. The second kappa shape index (κ2) is 14.6. The first kappa shape index (κ1) is 34.9. The van der Waals surface area contributed by atoms with Crippen LogP contribution in [0.4, 0.5) is 0 Å². The van der Waals surface area contributed by atoms with E-state index in [1.54, 1.807) is 7.11 Å². The summed E-state index contributed by atoms with van der Waals surface area (Å²) in [6.07, 6.45) is 0. The maximum atomic E-state index is 14.9. The topological polar surface area (TPSA) is 39.2 Å². The normalized spacial score (nSPS) is 11.2. The molecule has 0 saturated heterocycles. The van der Waals surface area contributed by atoms with Gasteiger partial charge in [0.2, 0.25) is 0 Å². The number of benzene rings is 5. The van der Waals surface area contributed by atoms with Crippen molar-refractivity contribution in [1.82, 2.24) is 4.98 Å². The molecule has 1 aromatic heterocycles. The molecule has 0 aliphatic heterocycles. The van der Waals surface area contributed by atoms with Gasteiger partial charge in [-0.15, -0.1) is 65.2 Å². The largest absolute Gasteiger partial charge is 3.00 e. The summed E-state index contributed by atoms with van der Waals surface area (Å²) >= 11 is 0. The summed E-state index contributed by atoms with van der Waals surface area (Å²) in [5.74, 6) is 0.744. The minimum atomic E-state index is -3.06. The summed E-state index contributed by atoms with van der Waals surface area (Å²) < 4.78 is 20.2. The Balaban J connectivity index is 0.00000240. The zero-order chi connectivity index (χ0) is 30.7. The first-order valence-corrected chi connectivity index (χ1v) is 16.4. The van der Waals surface area contributed by atoms with Gasteiger partial charge in [0.05, 0.1) is 7.11 Å². The fourth-order valence-corrected chi connectivity index (χ4v) is 7.95. The number of aromatic nitrogens is 1. The van der Waals surface area contributed by atoms with Crippen LogP contribution in [0.15, 0.2) is 133 Å². The van der Waals surface area contributed by atoms with Gasteiger partial charge in [0.1, 0.15) is 0 Å². The molecule has 0 bridgehead atoms. The molecule has 5 aromatic carbocycles. The van der Waals surface area contributed by atoms with E-state index in [0.29, 0.717) is 0 Å². The van der Waals surface area contributed by atoms with Crippen LogP contribution in [0.5, 0.6) is 5.75 Å². The van der Waals surface area contributed by atoms with Crippen LogP contribution in [0.3, 0.4) is 0 Å². The zero-order valence-corrected chi connectivity index (χ0v) is 29.8. The SMILES string of the molecule is COc1c[c-]c(-c2cc(-c3ccc(P(=O)(c4ccccc4)c4ccccc4)cc3)cc(-c3[c-]cc(C(C)(C)C)cc3)n2)cc1.[Au+3].[CH3-]. The van der Waals surface area contributed by atoms with Crippen LogP contribution in [0.2, 0.25) is 0 Å². The summed E-state index contributed by atoms with van der Waals surface area (Å²) in [6, 6.07) is 50.6. The standard InChI is InChI=1S/C40H34NO2P.CH3.Au/c1-40(2,3)33-21-15-30(16-22-33)38-27-32(28-39(41-38)31-17-23-34(43-4)24-18-31)29-19-25-37(26-20-29)44(42,35-11-7-5-8-12-35)36-13-9-6-10-14-36;;/h5-15,17,19-28H,1-4H3;1H3;/q-2;-1;+3. The Morgan fingerprint density at radius 3 is 1.57 bits per heavy atom. The first-order chi connectivity index (χ1) is 21.3. The van der Waals surface area contributed by atoms with Gasteiger partial charge in [0.25, 0.3) is 0 Å². The average Bonchev–Trinajstić information content (AvgIpc) is 3.08. The summed E-state index contributed by atoms with van der Waals surface area (Å²) in [4.78, 5) is 5.04. The van der Waals surface area contributed by atoms with E-state index in [4.69, 9.17) is 9.72 Å². The number of hydrogen-bond donors (Lipinski definition) is 0. The minimum absolute atomic E-state index is 0. The van der Waals surface area contributed by atoms with Crippen LogP contribution < -0.4 is 20.7 Å². The maximum Gasteiger partial charge on any atom is 3.00 e. The summed E-state index contributed by atoms with van der Waals surface area (Å²) in [6.45, 7) is 6.60. The molecule has 6 rings (SSSR count). The summed E-state index contributed by atoms with van der Waals surface area (Å²) in [7, 11) is -1.42. The van der Waals surface area contributed by atoms with Crippen LogP contribution in [0.25, 0.3) is 33.6 Å². The zero-order valence-electron chi connectivity index (χ0n) is 26.7. The van der Waals surface area contributed by atoms with E-state index in [-0.39, 0.29) is 35.2 Å². The van der Waals surface area contributed by atoms with E-state index in [9.17, 15) is 4.57 Å². The van der Waals surface area contributed by atoms with Gasteiger partial charge in [-0.25, -0.2) is 0 Å². The molecule has 234 valence electrons. The third kappa shape index (κ3) is 7.20. The van der Waals surface area contributed by atoms with Crippen molar-refractivity contribution in [2.24, 2.45) is 0 Å². The molecular weight excluding hydrogens is 766 g/mol. The number of pyridine rings is 1. The molecule has 1 heterocycles. The van der Waals surface area contributed by atoms with Crippen molar-refractivity contribution in [3.8, 4) is 39.4 Å². The molecule has 0 unspecified atom stereocenters. The van der Waals surface area contributed by atoms with Crippen molar-refractivity contribution < 1.29 is 31.7 Å². The molecule has 46 heavy (non-hydrogen) atoms. The summed E-state index contributed by atoms with van der Waals surface area (Å²) in [5, 5.41) is 2.43.